The zero-order valence-corrected chi connectivity index (χ0v) is 23.3. The van der Waals surface area contributed by atoms with E-state index in [1.165, 1.54) is 7.11 Å². The molecule has 9 nitrogen and oxygen atoms in total. The van der Waals surface area contributed by atoms with Crippen LogP contribution in [-0.4, -0.2) is 68.3 Å². The van der Waals surface area contributed by atoms with Crippen LogP contribution in [0.2, 0.25) is 0 Å². The van der Waals surface area contributed by atoms with E-state index in [1.807, 2.05) is 0 Å². The van der Waals surface area contributed by atoms with Gasteiger partial charge in [-0.3, -0.25) is 9.59 Å². The zero-order valence-electron chi connectivity index (χ0n) is 23.3. The molecule has 0 radical (unpaired) electrons. The van der Waals surface area contributed by atoms with Crippen LogP contribution >= 0.6 is 0 Å². The first kappa shape index (κ1) is 32.7. The van der Waals surface area contributed by atoms with Crippen LogP contribution in [0.1, 0.15) is 71.3 Å². The number of carbonyl (C=O) groups excluding carboxylic acids is 1. The molecule has 0 spiro atoms. The Bertz CT molecular complexity index is 815. The third-order valence-corrected chi connectivity index (χ3v) is 6.88. The predicted molar refractivity (Wildman–Crippen MR) is 142 cm³/mol. The average molecular weight is 526 g/mol. The highest BCUT2D eigenvalue weighted by Gasteiger charge is 2.36. The fourth-order valence-corrected chi connectivity index (χ4v) is 4.05. The second-order valence-electron chi connectivity index (χ2n) is 10.0. The fourth-order valence-electron chi connectivity index (χ4n) is 4.05. The second kappa shape index (κ2) is 17.2. The summed E-state index contributed by atoms with van der Waals surface area (Å²) in [6.07, 6.45) is 1.79. The molecule has 0 bridgehead atoms. The standard InChI is InChI=1S/C28H47NO8/c1-18(2)19(3)16-22(29)27(31)26(20(4)28(32)33)21-11-12-23(24(17-21)37-15-9-13-34-5)36-14-8-7-10-25(30)35-6/h11-12,17-20,22,26-27,31H,7-10,13-16,29H2,1-6H3,(H,32,33). The van der Waals surface area contributed by atoms with Crippen LogP contribution in [0, 0.1) is 17.8 Å². The number of methoxy groups -OCH3 is 2. The minimum Gasteiger partial charge on any atom is -0.490 e. The first-order valence-corrected chi connectivity index (χ1v) is 13.1. The van der Waals surface area contributed by atoms with Crippen LogP contribution < -0.4 is 15.2 Å². The van der Waals surface area contributed by atoms with Crippen LogP contribution in [0.5, 0.6) is 11.5 Å². The first-order chi connectivity index (χ1) is 17.5. The van der Waals surface area contributed by atoms with E-state index in [0.717, 1.165) is 0 Å². The van der Waals surface area contributed by atoms with Gasteiger partial charge in [-0.05, 0) is 48.8 Å². The van der Waals surface area contributed by atoms with E-state index in [9.17, 15) is 19.8 Å². The molecule has 0 saturated heterocycles. The first-order valence-electron chi connectivity index (χ1n) is 13.1. The molecule has 0 aliphatic heterocycles. The molecule has 4 N–H and O–H groups in total. The van der Waals surface area contributed by atoms with Gasteiger partial charge in [0.1, 0.15) is 0 Å². The van der Waals surface area contributed by atoms with E-state index in [-0.39, 0.29) is 11.9 Å². The van der Waals surface area contributed by atoms with Gasteiger partial charge in [0, 0.05) is 38.5 Å². The van der Waals surface area contributed by atoms with Crippen LogP contribution in [0.3, 0.4) is 0 Å². The van der Waals surface area contributed by atoms with Crippen molar-refractivity contribution in [2.45, 2.75) is 77.9 Å². The number of unbranched alkanes of at least 4 members (excludes halogenated alkanes) is 1. The maximum atomic E-state index is 12.0. The Balaban J connectivity index is 3.17. The van der Waals surface area contributed by atoms with E-state index >= 15 is 0 Å². The van der Waals surface area contributed by atoms with Crippen LogP contribution in [0.25, 0.3) is 0 Å². The molecule has 1 aromatic carbocycles. The monoisotopic (exact) mass is 525 g/mol. The summed E-state index contributed by atoms with van der Waals surface area (Å²) in [5, 5.41) is 21.0. The predicted octanol–water partition coefficient (Wildman–Crippen LogP) is 4.00. The Kier molecular flexibility index (Phi) is 15.2. The lowest BCUT2D eigenvalue weighted by molar-refractivity contribution is -0.143. The van der Waals surface area contributed by atoms with Crippen molar-refractivity contribution in [3.8, 4) is 11.5 Å². The second-order valence-corrected chi connectivity index (χ2v) is 10.0. The van der Waals surface area contributed by atoms with Crippen molar-refractivity contribution in [1.29, 1.82) is 0 Å². The van der Waals surface area contributed by atoms with E-state index in [1.54, 1.807) is 32.2 Å². The number of esters is 1. The largest absolute Gasteiger partial charge is 0.490 e. The minimum atomic E-state index is -1.06. The molecular formula is C28H47NO8. The normalized spacial score (nSPS) is 15.5. The van der Waals surface area contributed by atoms with Crippen molar-refractivity contribution >= 4 is 11.9 Å². The van der Waals surface area contributed by atoms with E-state index in [2.05, 4.69) is 25.5 Å². The molecular weight excluding hydrogens is 478 g/mol. The fraction of sp³-hybridized carbons (Fsp3) is 0.714. The van der Waals surface area contributed by atoms with Gasteiger partial charge < -0.3 is 34.9 Å². The third kappa shape index (κ3) is 11.3. The van der Waals surface area contributed by atoms with Gasteiger partial charge in [0.15, 0.2) is 11.5 Å². The van der Waals surface area contributed by atoms with Gasteiger partial charge in [-0.15, -0.1) is 0 Å². The zero-order chi connectivity index (χ0) is 28.0. The number of carbonyl (C=O) groups is 2. The maximum Gasteiger partial charge on any atom is 0.306 e. The Morgan fingerprint density at radius 2 is 1.59 bits per heavy atom. The number of hydrogen-bond donors (Lipinski definition) is 3. The van der Waals surface area contributed by atoms with E-state index in [0.29, 0.717) is 74.9 Å². The number of aliphatic hydroxyl groups is 1. The van der Waals surface area contributed by atoms with Gasteiger partial charge >= 0.3 is 11.9 Å². The topological polar surface area (TPSA) is 138 Å². The lowest BCUT2D eigenvalue weighted by Gasteiger charge is -2.33. The molecule has 5 unspecified atom stereocenters. The highest BCUT2D eigenvalue weighted by atomic mass is 16.5. The molecule has 9 heteroatoms. The SMILES string of the molecule is COCCCOc1cc(C(C(C)C(=O)O)C(O)C(N)CC(C)C(C)C)ccc1OCCCCC(=O)OC. The van der Waals surface area contributed by atoms with Gasteiger partial charge in [0.05, 0.1) is 32.3 Å². The molecule has 0 aromatic heterocycles. The summed E-state index contributed by atoms with van der Waals surface area (Å²) in [6, 6.07) is 4.65. The number of nitrogens with two attached hydrogens (primary N) is 1. The molecule has 0 amide bonds. The molecule has 212 valence electrons. The number of rotatable bonds is 19. The number of ether oxygens (including phenoxy) is 4. The molecule has 0 aliphatic rings. The Hall–Kier alpha value is -2.36. The summed E-state index contributed by atoms with van der Waals surface area (Å²) in [5.74, 6) is -1.24. The number of carboxylic acids is 1. The number of hydrogen-bond acceptors (Lipinski definition) is 8. The molecule has 0 saturated carbocycles. The highest BCUT2D eigenvalue weighted by Crippen LogP contribution is 2.37. The van der Waals surface area contributed by atoms with Crippen molar-refractivity contribution in [2.75, 3.05) is 34.0 Å². The molecule has 5 atom stereocenters. The van der Waals surface area contributed by atoms with Crippen LogP contribution in [0.15, 0.2) is 18.2 Å². The van der Waals surface area contributed by atoms with Gasteiger partial charge in [-0.25, -0.2) is 0 Å². The van der Waals surface area contributed by atoms with Gasteiger partial charge in [0.2, 0.25) is 0 Å². The van der Waals surface area contributed by atoms with Crippen molar-refractivity contribution in [3.05, 3.63) is 23.8 Å². The summed E-state index contributed by atoms with van der Waals surface area (Å²) in [6.45, 7) is 9.15. The molecule has 0 aliphatic carbocycles. The lowest BCUT2D eigenvalue weighted by Crippen LogP contribution is -2.43. The Labute approximate surface area is 221 Å². The number of aliphatic carboxylic acids is 1. The van der Waals surface area contributed by atoms with E-state index in [4.69, 9.17) is 19.9 Å². The summed E-state index contributed by atoms with van der Waals surface area (Å²) < 4.78 is 21.7. The van der Waals surface area contributed by atoms with Crippen molar-refractivity contribution < 1.29 is 38.7 Å². The number of benzene rings is 1. The average Bonchev–Trinajstić information content (AvgIpc) is 2.86. The summed E-state index contributed by atoms with van der Waals surface area (Å²) >= 11 is 0. The van der Waals surface area contributed by atoms with Crippen LogP contribution in [-0.2, 0) is 19.1 Å². The van der Waals surface area contributed by atoms with Crippen LogP contribution in [0.4, 0.5) is 0 Å². The molecule has 0 fully saturated rings. The number of carboxylic acid groups (broad SMARTS) is 1. The van der Waals surface area contributed by atoms with Crippen molar-refractivity contribution in [3.63, 3.8) is 0 Å². The van der Waals surface area contributed by atoms with Gasteiger partial charge in [-0.2, -0.15) is 0 Å². The minimum absolute atomic E-state index is 0.260. The smallest absolute Gasteiger partial charge is 0.306 e. The van der Waals surface area contributed by atoms with Gasteiger partial charge in [-0.1, -0.05) is 33.8 Å². The Morgan fingerprint density at radius 1 is 0.946 bits per heavy atom. The van der Waals surface area contributed by atoms with Crippen molar-refractivity contribution in [2.24, 2.45) is 23.5 Å². The van der Waals surface area contributed by atoms with E-state index < -0.39 is 30.0 Å². The summed E-state index contributed by atoms with van der Waals surface area (Å²) in [4.78, 5) is 23.3. The highest BCUT2D eigenvalue weighted by molar-refractivity contribution is 5.71. The maximum absolute atomic E-state index is 12.0. The quantitative estimate of drug-likeness (QED) is 0.181. The molecule has 1 aromatic rings. The third-order valence-electron chi connectivity index (χ3n) is 6.88. The Morgan fingerprint density at radius 3 is 2.19 bits per heavy atom. The molecule has 0 heterocycles. The van der Waals surface area contributed by atoms with Crippen molar-refractivity contribution in [1.82, 2.24) is 0 Å². The summed E-state index contributed by atoms with van der Waals surface area (Å²) in [7, 11) is 2.98. The number of aliphatic hydroxyl groups excluding tert-OH is 1. The molecule has 37 heavy (non-hydrogen) atoms. The summed E-state index contributed by atoms with van der Waals surface area (Å²) in [5.41, 5.74) is 7.01. The van der Waals surface area contributed by atoms with Gasteiger partial charge in [0.25, 0.3) is 0 Å². The lowest BCUT2D eigenvalue weighted by atomic mass is 9.77. The molecule has 1 rings (SSSR count).